The fourth-order valence-corrected chi connectivity index (χ4v) is 3.16. The summed E-state index contributed by atoms with van der Waals surface area (Å²) in [5.41, 5.74) is 1.49. The average Bonchev–Trinajstić information content (AvgIpc) is 2.91. The monoisotopic (exact) mass is 487 g/mol. The Labute approximate surface area is 208 Å². The Morgan fingerprint density at radius 2 is 1.58 bits per heavy atom. The number of nitrogens with one attached hydrogen (secondary N) is 2. The number of para-hydroxylation sites is 2. The predicted octanol–water partition coefficient (Wildman–Crippen LogP) is 4.28. The summed E-state index contributed by atoms with van der Waals surface area (Å²) >= 11 is 0. The van der Waals surface area contributed by atoms with Gasteiger partial charge in [-0.15, -0.1) is 0 Å². The molecule has 0 heterocycles. The van der Waals surface area contributed by atoms with Crippen LogP contribution < -0.4 is 29.6 Å². The summed E-state index contributed by atoms with van der Waals surface area (Å²) in [6.07, 6.45) is 1.43. The number of nitrogens with zero attached hydrogens (tertiary/aromatic N) is 1. The number of methoxy groups -OCH3 is 3. The van der Waals surface area contributed by atoms with Crippen LogP contribution in [0.4, 0.5) is 11.4 Å². The van der Waals surface area contributed by atoms with Gasteiger partial charge >= 0.3 is 0 Å². The van der Waals surface area contributed by atoms with Crippen LogP contribution in [0.5, 0.6) is 23.0 Å². The number of carbonyl (C=O) groups excluding carboxylic acids is 2. The smallest absolute Gasteiger partial charge is 0.266 e. The molecule has 0 aliphatic heterocycles. The summed E-state index contributed by atoms with van der Waals surface area (Å²) in [5.74, 6) is 0.898. The zero-order valence-corrected chi connectivity index (χ0v) is 20.0. The SMILES string of the molecule is COc1ccc(NC(=O)/C(C#N)=C\c2ccc(OCC(=O)Nc3ccccc3OC)c(OC)c2)cc1. The lowest BCUT2D eigenvalue weighted by molar-refractivity contribution is -0.118. The summed E-state index contributed by atoms with van der Waals surface area (Å²) < 4.78 is 21.3. The second-order valence-corrected chi connectivity index (χ2v) is 7.30. The van der Waals surface area contributed by atoms with Gasteiger partial charge in [0.1, 0.15) is 23.1 Å². The number of carbonyl (C=O) groups is 2. The molecule has 3 aromatic carbocycles. The Hall–Kier alpha value is -4.97. The first-order valence-electron chi connectivity index (χ1n) is 10.8. The molecule has 0 saturated heterocycles. The zero-order valence-electron chi connectivity index (χ0n) is 20.0. The van der Waals surface area contributed by atoms with Gasteiger partial charge in [-0.1, -0.05) is 18.2 Å². The van der Waals surface area contributed by atoms with Crippen LogP contribution in [-0.2, 0) is 9.59 Å². The summed E-state index contributed by atoms with van der Waals surface area (Å²) in [7, 11) is 4.51. The minimum atomic E-state index is -0.560. The standard InChI is InChI=1S/C27H25N3O6/c1-33-21-11-9-20(10-12-21)29-27(32)19(16-28)14-18-8-13-24(25(15-18)35-3)36-17-26(31)30-22-6-4-5-7-23(22)34-2/h4-15H,17H2,1-3H3,(H,29,32)(H,30,31)/b19-14-. The van der Waals surface area contributed by atoms with Gasteiger partial charge in [-0.2, -0.15) is 5.26 Å². The van der Waals surface area contributed by atoms with E-state index in [1.807, 2.05) is 6.07 Å². The molecule has 3 rings (SSSR count). The van der Waals surface area contributed by atoms with Crippen LogP contribution in [0.15, 0.2) is 72.3 Å². The topological polar surface area (TPSA) is 119 Å². The van der Waals surface area contributed by atoms with Gasteiger partial charge in [-0.3, -0.25) is 9.59 Å². The third-order valence-corrected chi connectivity index (χ3v) is 4.95. The lowest BCUT2D eigenvalue weighted by Crippen LogP contribution is -2.20. The summed E-state index contributed by atoms with van der Waals surface area (Å²) in [4.78, 5) is 24.9. The molecule has 9 heteroatoms. The van der Waals surface area contributed by atoms with Crippen molar-refractivity contribution in [3.05, 3.63) is 77.9 Å². The molecule has 0 bridgehead atoms. The van der Waals surface area contributed by atoms with Gasteiger partial charge in [0.2, 0.25) is 0 Å². The van der Waals surface area contributed by atoms with Crippen LogP contribution in [0.25, 0.3) is 6.08 Å². The second kappa shape index (κ2) is 12.5. The maximum absolute atomic E-state index is 12.6. The highest BCUT2D eigenvalue weighted by molar-refractivity contribution is 6.09. The molecule has 0 aliphatic rings. The Morgan fingerprint density at radius 1 is 0.861 bits per heavy atom. The molecule has 0 aliphatic carbocycles. The van der Waals surface area contributed by atoms with Gasteiger partial charge < -0.3 is 29.6 Å². The number of nitriles is 1. The summed E-state index contributed by atoms with van der Waals surface area (Å²) in [6.45, 7) is -0.267. The normalized spacial score (nSPS) is 10.6. The van der Waals surface area contributed by atoms with Gasteiger partial charge in [0.15, 0.2) is 18.1 Å². The third kappa shape index (κ3) is 6.77. The minimum absolute atomic E-state index is 0.0993. The van der Waals surface area contributed by atoms with Crippen LogP contribution in [0.2, 0.25) is 0 Å². The quantitative estimate of drug-likeness (QED) is 0.324. The molecule has 0 fully saturated rings. The lowest BCUT2D eigenvalue weighted by atomic mass is 10.1. The van der Waals surface area contributed by atoms with E-state index in [1.54, 1.807) is 73.8 Å². The van der Waals surface area contributed by atoms with E-state index in [0.717, 1.165) is 0 Å². The molecule has 0 aromatic heterocycles. The zero-order chi connectivity index (χ0) is 25.9. The first kappa shape index (κ1) is 25.6. The van der Waals surface area contributed by atoms with Crippen molar-refractivity contribution >= 4 is 29.3 Å². The molecule has 184 valence electrons. The minimum Gasteiger partial charge on any atom is -0.497 e. The number of rotatable bonds is 10. The maximum atomic E-state index is 12.6. The van der Waals surface area contributed by atoms with Crippen LogP contribution in [-0.4, -0.2) is 39.8 Å². The number of amides is 2. The molecule has 0 spiro atoms. The van der Waals surface area contributed by atoms with E-state index in [2.05, 4.69) is 10.6 Å². The van der Waals surface area contributed by atoms with Crippen LogP contribution in [0, 0.1) is 11.3 Å². The summed E-state index contributed by atoms with van der Waals surface area (Å²) in [5, 5.41) is 14.9. The van der Waals surface area contributed by atoms with Crippen molar-refractivity contribution in [3.63, 3.8) is 0 Å². The molecule has 0 radical (unpaired) electrons. The molecule has 36 heavy (non-hydrogen) atoms. The van der Waals surface area contributed by atoms with Gasteiger partial charge in [-0.05, 0) is 60.2 Å². The van der Waals surface area contributed by atoms with E-state index in [1.165, 1.54) is 20.3 Å². The Bertz CT molecular complexity index is 1300. The number of ether oxygens (including phenoxy) is 4. The summed E-state index contributed by atoms with van der Waals surface area (Å²) in [6, 6.07) is 20.5. The van der Waals surface area contributed by atoms with E-state index < -0.39 is 5.91 Å². The highest BCUT2D eigenvalue weighted by Crippen LogP contribution is 2.29. The molecular weight excluding hydrogens is 462 g/mol. The first-order chi connectivity index (χ1) is 17.5. The van der Waals surface area contributed by atoms with E-state index in [4.69, 9.17) is 18.9 Å². The van der Waals surface area contributed by atoms with E-state index in [9.17, 15) is 14.9 Å². The molecule has 0 saturated carbocycles. The van der Waals surface area contributed by atoms with Gasteiger partial charge in [0.25, 0.3) is 11.8 Å². The Morgan fingerprint density at radius 3 is 2.25 bits per heavy atom. The molecule has 2 N–H and O–H groups in total. The fraction of sp³-hybridized carbons (Fsp3) is 0.148. The van der Waals surface area contributed by atoms with Crippen LogP contribution in [0.1, 0.15) is 5.56 Å². The Balaban J connectivity index is 1.67. The molecular formula is C27H25N3O6. The van der Waals surface area contributed by atoms with Gasteiger partial charge in [-0.25, -0.2) is 0 Å². The molecule has 2 amide bonds. The van der Waals surface area contributed by atoms with Crippen molar-refractivity contribution in [1.82, 2.24) is 0 Å². The van der Waals surface area contributed by atoms with Crippen LogP contribution >= 0.6 is 0 Å². The lowest BCUT2D eigenvalue weighted by Gasteiger charge is -2.13. The molecule has 3 aromatic rings. The highest BCUT2D eigenvalue weighted by atomic mass is 16.5. The van der Waals surface area contributed by atoms with Gasteiger partial charge in [0, 0.05) is 5.69 Å². The highest BCUT2D eigenvalue weighted by Gasteiger charge is 2.13. The van der Waals surface area contributed by atoms with Crippen molar-refractivity contribution in [2.24, 2.45) is 0 Å². The third-order valence-electron chi connectivity index (χ3n) is 4.95. The number of hydrogen-bond acceptors (Lipinski definition) is 7. The number of hydrogen-bond donors (Lipinski definition) is 2. The van der Waals surface area contributed by atoms with Crippen molar-refractivity contribution < 1.29 is 28.5 Å². The van der Waals surface area contributed by atoms with Crippen molar-refractivity contribution in [3.8, 4) is 29.1 Å². The molecule has 9 nitrogen and oxygen atoms in total. The first-order valence-corrected chi connectivity index (χ1v) is 10.8. The largest absolute Gasteiger partial charge is 0.497 e. The van der Waals surface area contributed by atoms with E-state index in [0.29, 0.717) is 39.9 Å². The average molecular weight is 488 g/mol. The van der Waals surface area contributed by atoms with E-state index in [-0.39, 0.29) is 18.1 Å². The van der Waals surface area contributed by atoms with Gasteiger partial charge in [0.05, 0.1) is 27.0 Å². The molecule has 0 unspecified atom stereocenters. The van der Waals surface area contributed by atoms with Crippen molar-refractivity contribution in [2.75, 3.05) is 38.6 Å². The second-order valence-electron chi connectivity index (χ2n) is 7.30. The fourth-order valence-electron chi connectivity index (χ4n) is 3.16. The predicted molar refractivity (Wildman–Crippen MR) is 135 cm³/mol. The number of benzene rings is 3. The van der Waals surface area contributed by atoms with Crippen LogP contribution in [0.3, 0.4) is 0 Å². The number of anilines is 2. The molecule has 0 atom stereocenters. The van der Waals surface area contributed by atoms with Crippen molar-refractivity contribution in [2.45, 2.75) is 0 Å². The maximum Gasteiger partial charge on any atom is 0.266 e. The van der Waals surface area contributed by atoms with E-state index >= 15 is 0 Å². The Kier molecular flexibility index (Phi) is 8.89. The van der Waals surface area contributed by atoms with Crippen molar-refractivity contribution in [1.29, 1.82) is 5.26 Å².